The van der Waals surface area contributed by atoms with E-state index in [0.29, 0.717) is 6.42 Å². The van der Waals surface area contributed by atoms with Gasteiger partial charge in [-0.05, 0) is 12.8 Å². The first-order chi connectivity index (χ1) is 7.26. The van der Waals surface area contributed by atoms with Crippen LogP contribution in [0.1, 0.15) is 65.2 Å². The number of unbranched alkanes of at least 4 members (excludes halogenated alkanes) is 4. The van der Waals surface area contributed by atoms with Crippen LogP contribution in [0.5, 0.6) is 0 Å². The van der Waals surface area contributed by atoms with E-state index in [1.165, 1.54) is 12.8 Å². The smallest absolute Gasteiger partial charge is 0.147 e. The summed E-state index contributed by atoms with van der Waals surface area (Å²) in [5.74, 6) is 2.80. The van der Waals surface area contributed by atoms with E-state index in [1.807, 2.05) is 0 Å². The van der Waals surface area contributed by atoms with Crippen molar-refractivity contribution in [2.75, 3.05) is 0 Å². The van der Waals surface area contributed by atoms with Gasteiger partial charge in [0, 0.05) is 6.42 Å². The predicted molar refractivity (Wildman–Crippen MR) is 65.6 cm³/mol. The van der Waals surface area contributed by atoms with Crippen molar-refractivity contribution in [1.82, 2.24) is 0 Å². The van der Waals surface area contributed by atoms with Crippen LogP contribution >= 0.6 is 0 Å². The normalized spacial score (nSPS) is 12.1. The lowest BCUT2D eigenvalue weighted by Crippen LogP contribution is -2.12. The maximum Gasteiger partial charge on any atom is 0.147 e. The molecule has 15 heavy (non-hydrogen) atoms. The first kappa shape index (κ1) is 14.2. The van der Waals surface area contributed by atoms with Crippen LogP contribution in [0.2, 0.25) is 0 Å². The van der Waals surface area contributed by atoms with Gasteiger partial charge < -0.3 is 0 Å². The fourth-order valence-electron chi connectivity index (χ4n) is 1.66. The molecule has 0 N–H and O–H groups in total. The molecule has 0 spiro atoms. The fraction of sp³-hybridized carbons (Fsp3) is 0.786. The second-order valence-electron chi connectivity index (χ2n) is 4.14. The Morgan fingerprint density at radius 3 is 2.27 bits per heavy atom. The van der Waals surface area contributed by atoms with Gasteiger partial charge in [-0.15, -0.1) is 6.42 Å². The van der Waals surface area contributed by atoms with E-state index >= 15 is 0 Å². The van der Waals surface area contributed by atoms with Crippen molar-refractivity contribution >= 4 is 5.78 Å². The van der Waals surface area contributed by atoms with Gasteiger partial charge in [0.2, 0.25) is 0 Å². The quantitative estimate of drug-likeness (QED) is 0.414. The molecule has 0 bridgehead atoms. The number of carbonyl (C=O) groups excluding carboxylic acids is 1. The Labute approximate surface area is 94.6 Å². The van der Waals surface area contributed by atoms with Gasteiger partial charge in [0.05, 0.1) is 5.92 Å². The van der Waals surface area contributed by atoms with E-state index in [2.05, 4.69) is 19.8 Å². The minimum absolute atomic E-state index is 0.117. The molecular formula is C14H24O. The summed E-state index contributed by atoms with van der Waals surface area (Å²) in [6, 6.07) is 0. The lowest BCUT2D eigenvalue weighted by atomic mass is 9.94. The summed E-state index contributed by atoms with van der Waals surface area (Å²) in [5.41, 5.74) is 0. The van der Waals surface area contributed by atoms with Crippen molar-refractivity contribution in [1.29, 1.82) is 0 Å². The van der Waals surface area contributed by atoms with Crippen LogP contribution in [0.25, 0.3) is 0 Å². The number of rotatable bonds is 9. The minimum atomic E-state index is -0.117. The molecule has 0 saturated carbocycles. The molecule has 0 aliphatic carbocycles. The summed E-state index contributed by atoms with van der Waals surface area (Å²) in [6.45, 7) is 4.30. The second-order valence-corrected chi connectivity index (χ2v) is 4.14. The average molecular weight is 208 g/mol. The molecule has 0 radical (unpaired) electrons. The van der Waals surface area contributed by atoms with Gasteiger partial charge >= 0.3 is 0 Å². The Kier molecular flexibility index (Phi) is 9.27. The zero-order valence-electron chi connectivity index (χ0n) is 10.2. The van der Waals surface area contributed by atoms with E-state index in [0.717, 1.165) is 32.1 Å². The van der Waals surface area contributed by atoms with Crippen LogP contribution in [0.4, 0.5) is 0 Å². The monoisotopic (exact) mass is 208 g/mol. The Balaban J connectivity index is 3.74. The topological polar surface area (TPSA) is 17.1 Å². The number of hydrogen-bond acceptors (Lipinski definition) is 1. The van der Waals surface area contributed by atoms with Crippen molar-refractivity contribution < 1.29 is 4.79 Å². The maximum atomic E-state index is 11.7. The molecule has 0 heterocycles. The summed E-state index contributed by atoms with van der Waals surface area (Å²) in [7, 11) is 0. The Hall–Kier alpha value is -0.770. The van der Waals surface area contributed by atoms with Gasteiger partial charge in [0.25, 0.3) is 0 Å². The highest BCUT2D eigenvalue weighted by Gasteiger charge is 2.14. The Bertz CT molecular complexity index is 200. The first-order valence-electron chi connectivity index (χ1n) is 6.25. The molecule has 0 aliphatic rings. The number of ketones is 1. The van der Waals surface area contributed by atoms with E-state index in [9.17, 15) is 4.79 Å². The van der Waals surface area contributed by atoms with Crippen LogP contribution in [0.15, 0.2) is 0 Å². The summed E-state index contributed by atoms with van der Waals surface area (Å²) in [5, 5.41) is 0. The number of terminal acetylenes is 1. The van der Waals surface area contributed by atoms with Crippen LogP contribution in [0, 0.1) is 18.3 Å². The lowest BCUT2D eigenvalue weighted by molar-refractivity contribution is -0.121. The molecule has 0 saturated heterocycles. The van der Waals surface area contributed by atoms with Gasteiger partial charge in [0.15, 0.2) is 0 Å². The zero-order valence-corrected chi connectivity index (χ0v) is 10.2. The molecule has 0 aromatic carbocycles. The molecule has 86 valence electrons. The minimum Gasteiger partial charge on any atom is -0.298 e. The third kappa shape index (κ3) is 7.19. The van der Waals surface area contributed by atoms with E-state index in [4.69, 9.17) is 6.42 Å². The molecule has 1 nitrogen and oxygen atoms in total. The van der Waals surface area contributed by atoms with Crippen molar-refractivity contribution in [3.63, 3.8) is 0 Å². The van der Waals surface area contributed by atoms with Crippen molar-refractivity contribution in [3.05, 3.63) is 0 Å². The van der Waals surface area contributed by atoms with Gasteiger partial charge in [-0.2, -0.15) is 0 Å². The van der Waals surface area contributed by atoms with E-state index in [-0.39, 0.29) is 11.7 Å². The summed E-state index contributed by atoms with van der Waals surface area (Å²) in [4.78, 5) is 11.7. The van der Waals surface area contributed by atoms with Crippen LogP contribution in [0.3, 0.4) is 0 Å². The molecule has 0 aromatic heterocycles. The highest BCUT2D eigenvalue weighted by molar-refractivity contribution is 5.83. The molecule has 0 rings (SSSR count). The first-order valence-corrected chi connectivity index (χ1v) is 6.25. The van der Waals surface area contributed by atoms with Crippen molar-refractivity contribution in [3.8, 4) is 12.3 Å². The molecule has 0 aromatic rings. The van der Waals surface area contributed by atoms with E-state index < -0.39 is 0 Å². The van der Waals surface area contributed by atoms with Crippen LogP contribution < -0.4 is 0 Å². The largest absolute Gasteiger partial charge is 0.298 e. The SMILES string of the molecule is C#CC(CCCCC)C(=O)CCCCC. The second kappa shape index (κ2) is 9.77. The zero-order chi connectivity index (χ0) is 11.5. The maximum absolute atomic E-state index is 11.7. The molecular weight excluding hydrogens is 184 g/mol. The highest BCUT2D eigenvalue weighted by Crippen LogP contribution is 2.13. The number of Topliss-reactive ketones (excluding diaryl/α,β-unsaturated/α-hetero) is 1. The van der Waals surface area contributed by atoms with Crippen LogP contribution in [-0.4, -0.2) is 5.78 Å². The van der Waals surface area contributed by atoms with Crippen molar-refractivity contribution in [2.45, 2.75) is 65.2 Å². The third-order valence-electron chi connectivity index (χ3n) is 2.71. The predicted octanol–water partition coefficient (Wildman–Crippen LogP) is 3.97. The Morgan fingerprint density at radius 1 is 1.13 bits per heavy atom. The standard InChI is InChI=1S/C14H24O/c1-4-7-9-11-13(6-3)14(15)12-10-8-5-2/h3,13H,4-5,7-12H2,1-2H3. The third-order valence-corrected chi connectivity index (χ3v) is 2.71. The molecule has 0 amide bonds. The number of carbonyl (C=O) groups is 1. The highest BCUT2D eigenvalue weighted by atomic mass is 16.1. The van der Waals surface area contributed by atoms with E-state index in [1.54, 1.807) is 0 Å². The molecule has 0 fully saturated rings. The molecule has 0 aliphatic heterocycles. The molecule has 1 heteroatoms. The van der Waals surface area contributed by atoms with Gasteiger partial charge in [0.1, 0.15) is 5.78 Å². The lowest BCUT2D eigenvalue weighted by Gasteiger charge is -2.08. The van der Waals surface area contributed by atoms with Gasteiger partial charge in [-0.25, -0.2) is 0 Å². The summed E-state index contributed by atoms with van der Waals surface area (Å²) >= 11 is 0. The Morgan fingerprint density at radius 2 is 1.73 bits per heavy atom. The number of hydrogen-bond donors (Lipinski definition) is 0. The average Bonchev–Trinajstić information content (AvgIpc) is 2.24. The fourth-order valence-corrected chi connectivity index (χ4v) is 1.66. The van der Waals surface area contributed by atoms with Crippen LogP contribution in [-0.2, 0) is 4.79 Å². The molecule has 1 atom stereocenters. The van der Waals surface area contributed by atoms with Gasteiger partial charge in [-0.3, -0.25) is 4.79 Å². The van der Waals surface area contributed by atoms with Gasteiger partial charge in [-0.1, -0.05) is 51.9 Å². The van der Waals surface area contributed by atoms with Crippen molar-refractivity contribution in [2.24, 2.45) is 5.92 Å². The summed E-state index contributed by atoms with van der Waals surface area (Å²) < 4.78 is 0. The molecule has 1 unspecified atom stereocenters. The summed E-state index contributed by atoms with van der Waals surface area (Å²) in [6.07, 6.45) is 13.7.